The highest BCUT2D eigenvalue weighted by Gasteiger charge is 2.10. The number of nitrogens with zero attached hydrogens (tertiary/aromatic N) is 1. The number of carbonyl (C=O) groups excluding carboxylic acids is 2. The Morgan fingerprint density at radius 3 is 2.48 bits per heavy atom. The third-order valence-corrected chi connectivity index (χ3v) is 4.17. The lowest BCUT2D eigenvalue weighted by Gasteiger charge is -2.21. The average Bonchev–Trinajstić information content (AvgIpc) is 2.61. The molecular formula is C20H23ClN2O2. The molecule has 1 N–H and O–H groups in total. The van der Waals surface area contributed by atoms with E-state index in [1.165, 1.54) is 5.56 Å². The summed E-state index contributed by atoms with van der Waals surface area (Å²) in [6, 6.07) is 17.0. The molecule has 2 rings (SSSR count). The minimum atomic E-state index is -0.185. The summed E-state index contributed by atoms with van der Waals surface area (Å²) in [7, 11) is 0. The fourth-order valence-corrected chi connectivity index (χ4v) is 2.77. The van der Waals surface area contributed by atoms with E-state index < -0.39 is 0 Å². The molecule has 2 amide bonds. The Balaban J connectivity index is 1.75. The largest absolute Gasteiger partial charge is 0.350 e. The van der Waals surface area contributed by atoms with Crippen LogP contribution in [0.25, 0.3) is 0 Å². The number of aryl methyl sites for hydroxylation is 1. The zero-order valence-electron chi connectivity index (χ0n) is 14.4. The second kappa shape index (κ2) is 9.84. The van der Waals surface area contributed by atoms with Crippen LogP contribution in [0.15, 0.2) is 54.6 Å². The fourth-order valence-electron chi connectivity index (χ4n) is 2.58. The van der Waals surface area contributed by atoms with Crippen LogP contribution < -0.4 is 5.32 Å². The predicted octanol–water partition coefficient (Wildman–Crippen LogP) is 3.55. The van der Waals surface area contributed by atoms with E-state index in [1.807, 2.05) is 18.2 Å². The molecule has 2 aromatic carbocycles. The highest BCUT2D eigenvalue weighted by atomic mass is 35.5. The Kier molecular flexibility index (Phi) is 7.48. The number of hydrogen-bond acceptors (Lipinski definition) is 2. The highest BCUT2D eigenvalue weighted by Crippen LogP contribution is 2.10. The minimum Gasteiger partial charge on any atom is -0.350 e. The molecule has 0 bridgehead atoms. The summed E-state index contributed by atoms with van der Waals surface area (Å²) in [5.74, 6) is -0.166. The van der Waals surface area contributed by atoms with Crippen molar-refractivity contribution in [2.75, 3.05) is 19.6 Å². The quantitative estimate of drug-likeness (QED) is 0.784. The van der Waals surface area contributed by atoms with Crippen LogP contribution in [0.5, 0.6) is 0 Å². The molecule has 0 unspecified atom stereocenters. The van der Waals surface area contributed by atoms with Gasteiger partial charge in [-0.15, -0.1) is 0 Å². The summed E-state index contributed by atoms with van der Waals surface area (Å²) in [5.41, 5.74) is 1.78. The Labute approximate surface area is 153 Å². The third-order valence-electron chi connectivity index (χ3n) is 3.94. The van der Waals surface area contributed by atoms with Gasteiger partial charge in [0.15, 0.2) is 0 Å². The lowest BCUT2D eigenvalue weighted by molar-refractivity contribution is -0.128. The van der Waals surface area contributed by atoms with Crippen molar-refractivity contribution >= 4 is 23.4 Å². The van der Waals surface area contributed by atoms with Crippen LogP contribution in [-0.4, -0.2) is 36.3 Å². The number of carbonyl (C=O) groups is 2. The van der Waals surface area contributed by atoms with Gasteiger partial charge in [-0.25, -0.2) is 0 Å². The van der Waals surface area contributed by atoms with Gasteiger partial charge >= 0.3 is 0 Å². The van der Waals surface area contributed by atoms with E-state index in [1.54, 1.807) is 36.1 Å². The summed E-state index contributed by atoms with van der Waals surface area (Å²) in [5, 5.41) is 3.35. The van der Waals surface area contributed by atoms with Crippen LogP contribution in [0.4, 0.5) is 0 Å². The van der Waals surface area contributed by atoms with Crippen LogP contribution in [0.1, 0.15) is 29.3 Å². The number of nitrogens with one attached hydrogen (secondary N) is 1. The molecule has 0 heterocycles. The number of amides is 2. The first-order valence-corrected chi connectivity index (χ1v) is 8.77. The van der Waals surface area contributed by atoms with Gasteiger partial charge in [0.05, 0.1) is 0 Å². The molecule has 0 aromatic heterocycles. The summed E-state index contributed by atoms with van der Waals surface area (Å²) in [4.78, 5) is 25.6. The van der Waals surface area contributed by atoms with Gasteiger partial charge < -0.3 is 10.2 Å². The van der Waals surface area contributed by atoms with E-state index in [9.17, 15) is 9.59 Å². The van der Waals surface area contributed by atoms with E-state index in [0.717, 1.165) is 12.8 Å². The Morgan fingerprint density at radius 1 is 1.04 bits per heavy atom. The molecule has 0 fully saturated rings. The first-order valence-electron chi connectivity index (χ1n) is 8.39. The van der Waals surface area contributed by atoms with Crippen molar-refractivity contribution in [3.05, 3.63) is 70.7 Å². The zero-order chi connectivity index (χ0) is 18.1. The van der Waals surface area contributed by atoms with Gasteiger partial charge in [0.2, 0.25) is 5.91 Å². The van der Waals surface area contributed by atoms with Crippen LogP contribution in [0.3, 0.4) is 0 Å². The van der Waals surface area contributed by atoms with E-state index in [0.29, 0.717) is 30.2 Å². The molecule has 0 saturated heterocycles. The third kappa shape index (κ3) is 6.59. The Bertz CT molecular complexity index is 704. The molecular weight excluding hydrogens is 336 g/mol. The van der Waals surface area contributed by atoms with Crippen LogP contribution in [-0.2, 0) is 11.2 Å². The van der Waals surface area contributed by atoms with Crippen molar-refractivity contribution in [1.82, 2.24) is 10.2 Å². The second-order valence-electron chi connectivity index (χ2n) is 5.86. The summed E-state index contributed by atoms with van der Waals surface area (Å²) in [6.45, 7) is 3.14. The highest BCUT2D eigenvalue weighted by molar-refractivity contribution is 6.30. The zero-order valence-corrected chi connectivity index (χ0v) is 15.1. The summed E-state index contributed by atoms with van der Waals surface area (Å²) in [6.07, 6.45) is 1.82. The van der Waals surface area contributed by atoms with Gasteiger partial charge in [0, 0.05) is 37.1 Å². The first kappa shape index (κ1) is 19.0. The van der Waals surface area contributed by atoms with Gasteiger partial charge in [-0.3, -0.25) is 9.59 Å². The van der Waals surface area contributed by atoms with Gasteiger partial charge in [0.1, 0.15) is 0 Å². The molecule has 0 spiro atoms. The van der Waals surface area contributed by atoms with Crippen molar-refractivity contribution in [3.63, 3.8) is 0 Å². The van der Waals surface area contributed by atoms with Crippen molar-refractivity contribution in [1.29, 1.82) is 0 Å². The molecule has 132 valence electrons. The lowest BCUT2D eigenvalue weighted by Crippen LogP contribution is -2.38. The average molecular weight is 359 g/mol. The maximum atomic E-state index is 12.1. The maximum absolute atomic E-state index is 12.1. The molecule has 5 heteroatoms. The normalized spacial score (nSPS) is 10.3. The SMILES string of the molecule is CC(=O)N(CCCc1ccccc1)CCNC(=O)c1cccc(Cl)c1. The van der Waals surface area contributed by atoms with E-state index >= 15 is 0 Å². The van der Waals surface area contributed by atoms with Crippen molar-refractivity contribution in [2.24, 2.45) is 0 Å². The number of hydrogen-bond donors (Lipinski definition) is 1. The van der Waals surface area contributed by atoms with Crippen molar-refractivity contribution < 1.29 is 9.59 Å². The molecule has 0 aliphatic carbocycles. The molecule has 2 aromatic rings. The molecule has 0 radical (unpaired) electrons. The molecule has 0 aliphatic heterocycles. The minimum absolute atomic E-state index is 0.0186. The Hall–Kier alpha value is -2.33. The number of halogens is 1. The number of benzene rings is 2. The number of rotatable bonds is 8. The molecule has 4 nitrogen and oxygen atoms in total. The molecule has 0 atom stereocenters. The fraction of sp³-hybridized carbons (Fsp3) is 0.300. The summed E-state index contributed by atoms with van der Waals surface area (Å²) < 4.78 is 0. The van der Waals surface area contributed by atoms with E-state index in [-0.39, 0.29) is 11.8 Å². The smallest absolute Gasteiger partial charge is 0.251 e. The Morgan fingerprint density at radius 2 is 1.80 bits per heavy atom. The summed E-state index contributed by atoms with van der Waals surface area (Å²) >= 11 is 5.89. The predicted molar refractivity (Wildman–Crippen MR) is 101 cm³/mol. The first-order chi connectivity index (χ1) is 12.1. The lowest BCUT2D eigenvalue weighted by atomic mass is 10.1. The standard InChI is InChI=1S/C20H23ClN2O2/c1-16(24)23(13-6-9-17-7-3-2-4-8-17)14-12-22-20(25)18-10-5-11-19(21)15-18/h2-5,7-8,10-11,15H,6,9,12-14H2,1H3,(H,22,25). The van der Waals surface area contributed by atoms with Gasteiger partial charge in [0.25, 0.3) is 5.91 Å². The van der Waals surface area contributed by atoms with Crippen LogP contribution >= 0.6 is 11.6 Å². The molecule has 0 aliphatic rings. The molecule has 25 heavy (non-hydrogen) atoms. The topological polar surface area (TPSA) is 49.4 Å². The van der Waals surface area contributed by atoms with Crippen molar-refractivity contribution in [2.45, 2.75) is 19.8 Å². The van der Waals surface area contributed by atoms with Crippen LogP contribution in [0.2, 0.25) is 5.02 Å². The van der Waals surface area contributed by atoms with Crippen LogP contribution in [0, 0.1) is 0 Å². The van der Waals surface area contributed by atoms with Gasteiger partial charge in [-0.2, -0.15) is 0 Å². The van der Waals surface area contributed by atoms with Crippen molar-refractivity contribution in [3.8, 4) is 0 Å². The van der Waals surface area contributed by atoms with Gasteiger partial charge in [-0.1, -0.05) is 48.0 Å². The monoisotopic (exact) mass is 358 g/mol. The van der Waals surface area contributed by atoms with Gasteiger partial charge in [-0.05, 0) is 36.6 Å². The maximum Gasteiger partial charge on any atom is 0.251 e. The van der Waals surface area contributed by atoms with E-state index in [2.05, 4.69) is 17.4 Å². The second-order valence-corrected chi connectivity index (χ2v) is 6.30. The molecule has 0 saturated carbocycles. The van der Waals surface area contributed by atoms with E-state index in [4.69, 9.17) is 11.6 Å².